The number of hydrogen-bond donors (Lipinski definition) is 2. The van der Waals surface area contributed by atoms with Crippen molar-refractivity contribution < 1.29 is 0 Å². The maximum Gasteiger partial charge on any atom is 0.0398 e. The fraction of sp³-hybridized carbons (Fsp3) is 0.308. The molecule has 1 aliphatic rings. The van der Waals surface area contributed by atoms with Gasteiger partial charge in [-0.3, -0.25) is 4.98 Å². The molecule has 1 atom stereocenters. The molecule has 1 aliphatic heterocycles. The zero-order chi connectivity index (χ0) is 10.8. The average Bonchev–Trinajstić information content (AvgIpc) is 2.82. The summed E-state index contributed by atoms with van der Waals surface area (Å²) >= 11 is 0. The van der Waals surface area contributed by atoms with E-state index in [2.05, 4.69) is 33.8 Å². The minimum atomic E-state index is 0.569. The molecule has 2 heterocycles. The molecular formula is C13H15N3. The molecule has 0 saturated carbocycles. The van der Waals surface area contributed by atoms with Crippen LogP contribution in [-0.2, 0) is 0 Å². The van der Waals surface area contributed by atoms with Crippen molar-refractivity contribution >= 4 is 16.5 Å². The number of nitrogens with one attached hydrogen (secondary N) is 2. The minimum Gasteiger partial charge on any atom is -0.381 e. The van der Waals surface area contributed by atoms with Crippen LogP contribution >= 0.6 is 0 Å². The highest BCUT2D eigenvalue weighted by molar-refractivity contribution is 5.84. The summed E-state index contributed by atoms with van der Waals surface area (Å²) in [6, 6.07) is 9.05. The Kier molecular flexibility index (Phi) is 2.46. The van der Waals surface area contributed by atoms with Gasteiger partial charge in [0.2, 0.25) is 0 Å². The molecule has 3 rings (SSSR count). The maximum atomic E-state index is 4.12. The van der Waals surface area contributed by atoms with Crippen LogP contribution in [0.4, 0.5) is 5.69 Å². The second-order valence-electron chi connectivity index (χ2n) is 4.27. The smallest absolute Gasteiger partial charge is 0.0398 e. The summed E-state index contributed by atoms with van der Waals surface area (Å²) in [4.78, 5) is 4.12. The van der Waals surface area contributed by atoms with E-state index in [0.717, 1.165) is 13.1 Å². The Morgan fingerprint density at radius 2 is 2.25 bits per heavy atom. The van der Waals surface area contributed by atoms with Gasteiger partial charge in [0.15, 0.2) is 0 Å². The molecule has 1 aromatic carbocycles. The SMILES string of the molecule is c1cc2cc(NC3CCNC3)ccc2cn1. The first-order valence-electron chi connectivity index (χ1n) is 5.73. The molecule has 16 heavy (non-hydrogen) atoms. The predicted octanol–water partition coefficient (Wildman–Crippen LogP) is 2.01. The van der Waals surface area contributed by atoms with Crippen LogP contribution < -0.4 is 10.6 Å². The van der Waals surface area contributed by atoms with Crippen molar-refractivity contribution in [3.63, 3.8) is 0 Å². The number of anilines is 1. The fourth-order valence-electron chi connectivity index (χ4n) is 2.19. The van der Waals surface area contributed by atoms with Gasteiger partial charge in [0.25, 0.3) is 0 Å². The van der Waals surface area contributed by atoms with Crippen molar-refractivity contribution in [2.24, 2.45) is 0 Å². The number of hydrogen-bond acceptors (Lipinski definition) is 3. The quantitative estimate of drug-likeness (QED) is 0.801. The van der Waals surface area contributed by atoms with Crippen molar-refractivity contribution in [3.8, 4) is 0 Å². The van der Waals surface area contributed by atoms with Crippen molar-refractivity contribution in [1.82, 2.24) is 10.3 Å². The normalized spacial score (nSPS) is 20.1. The predicted molar refractivity (Wildman–Crippen MR) is 66.6 cm³/mol. The summed E-state index contributed by atoms with van der Waals surface area (Å²) in [6.45, 7) is 2.18. The third-order valence-corrected chi connectivity index (χ3v) is 3.07. The maximum absolute atomic E-state index is 4.12. The van der Waals surface area contributed by atoms with E-state index in [1.54, 1.807) is 0 Å². The molecule has 82 valence electrons. The molecule has 0 aliphatic carbocycles. The van der Waals surface area contributed by atoms with Crippen LogP contribution in [0.25, 0.3) is 10.8 Å². The molecule has 0 spiro atoms. The lowest BCUT2D eigenvalue weighted by Crippen LogP contribution is -2.21. The van der Waals surface area contributed by atoms with Gasteiger partial charge in [0, 0.05) is 36.1 Å². The Labute approximate surface area is 94.9 Å². The van der Waals surface area contributed by atoms with Gasteiger partial charge in [-0.05, 0) is 36.6 Å². The van der Waals surface area contributed by atoms with Gasteiger partial charge in [0.1, 0.15) is 0 Å². The second kappa shape index (κ2) is 4.10. The molecule has 0 bridgehead atoms. The van der Waals surface area contributed by atoms with E-state index in [9.17, 15) is 0 Å². The molecular weight excluding hydrogens is 198 g/mol. The molecule has 0 amide bonds. The molecule has 1 fully saturated rings. The van der Waals surface area contributed by atoms with Gasteiger partial charge in [-0.25, -0.2) is 0 Å². The number of aromatic nitrogens is 1. The van der Waals surface area contributed by atoms with Crippen LogP contribution in [-0.4, -0.2) is 24.1 Å². The number of pyridine rings is 1. The number of benzene rings is 1. The van der Waals surface area contributed by atoms with E-state index in [1.165, 1.54) is 22.9 Å². The number of rotatable bonds is 2. The zero-order valence-corrected chi connectivity index (χ0v) is 9.11. The third-order valence-electron chi connectivity index (χ3n) is 3.07. The van der Waals surface area contributed by atoms with Crippen LogP contribution in [0.2, 0.25) is 0 Å². The second-order valence-corrected chi connectivity index (χ2v) is 4.27. The fourth-order valence-corrected chi connectivity index (χ4v) is 2.19. The topological polar surface area (TPSA) is 37.0 Å². The van der Waals surface area contributed by atoms with Gasteiger partial charge in [-0.2, -0.15) is 0 Å². The van der Waals surface area contributed by atoms with Crippen LogP contribution in [0, 0.1) is 0 Å². The summed E-state index contributed by atoms with van der Waals surface area (Å²) in [5.74, 6) is 0. The van der Waals surface area contributed by atoms with E-state index < -0.39 is 0 Å². The molecule has 2 aromatic rings. The summed E-state index contributed by atoms with van der Waals surface area (Å²) in [5, 5.41) is 9.34. The van der Waals surface area contributed by atoms with Gasteiger partial charge in [-0.1, -0.05) is 6.07 Å². The van der Waals surface area contributed by atoms with E-state index in [0.29, 0.717) is 6.04 Å². The Bertz CT molecular complexity index is 489. The Hall–Kier alpha value is -1.61. The highest BCUT2D eigenvalue weighted by atomic mass is 15.0. The molecule has 3 heteroatoms. The van der Waals surface area contributed by atoms with Crippen molar-refractivity contribution in [2.75, 3.05) is 18.4 Å². The monoisotopic (exact) mass is 213 g/mol. The number of nitrogens with zero attached hydrogens (tertiary/aromatic N) is 1. The lowest BCUT2D eigenvalue weighted by molar-refractivity contribution is 0.793. The van der Waals surface area contributed by atoms with Gasteiger partial charge in [0.05, 0.1) is 0 Å². The molecule has 1 unspecified atom stereocenters. The minimum absolute atomic E-state index is 0.569. The van der Waals surface area contributed by atoms with Crippen LogP contribution in [0.15, 0.2) is 36.7 Å². The Balaban J connectivity index is 1.86. The first-order chi connectivity index (χ1) is 7.92. The van der Waals surface area contributed by atoms with Crippen LogP contribution in [0.5, 0.6) is 0 Å². The lowest BCUT2D eigenvalue weighted by atomic mass is 10.1. The highest BCUT2D eigenvalue weighted by Crippen LogP contribution is 2.19. The highest BCUT2D eigenvalue weighted by Gasteiger charge is 2.13. The summed E-state index contributed by atoms with van der Waals surface area (Å²) in [7, 11) is 0. The van der Waals surface area contributed by atoms with E-state index in [-0.39, 0.29) is 0 Å². The molecule has 3 nitrogen and oxygen atoms in total. The number of fused-ring (bicyclic) bond motifs is 1. The van der Waals surface area contributed by atoms with Crippen LogP contribution in [0.3, 0.4) is 0 Å². The zero-order valence-electron chi connectivity index (χ0n) is 9.11. The van der Waals surface area contributed by atoms with E-state index >= 15 is 0 Å². The van der Waals surface area contributed by atoms with Gasteiger partial charge >= 0.3 is 0 Å². The van der Waals surface area contributed by atoms with Gasteiger partial charge in [-0.15, -0.1) is 0 Å². The third kappa shape index (κ3) is 1.86. The van der Waals surface area contributed by atoms with E-state index in [1.807, 2.05) is 18.5 Å². The first-order valence-corrected chi connectivity index (χ1v) is 5.73. The van der Waals surface area contributed by atoms with Gasteiger partial charge < -0.3 is 10.6 Å². The summed E-state index contributed by atoms with van der Waals surface area (Å²) in [6.07, 6.45) is 4.94. The molecule has 1 saturated heterocycles. The van der Waals surface area contributed by atoms with Crippen LogP contribution in [0.1, 0.15) is 6.42 Å². The largest absolute Gasteiger partial charge is 0.381 e. The van der Waals surface area contributed by atoms with Crippen molar-refractivity contribution in [1.29, 1.82) is 0 Å². The standard InChI is InChI=1S/C13H15N3/c1-2-12(16-13-4-6-15-9-13)7-10-3-5-14-8-11(1)10/h1-3,5,7-8,13,15-16H,4,6,9H2. The Morgan fingerprint density at radius 3 is 3.12 bits per heavy atom. The van der Waals surface area contributed by atoms with Crippen molar-refractivity contribution in [2.45, 2.75) is 12.5 Å². The first kappa shape index (κ1) is 9.60. The Morgan fingerprint density at radius 1 is 1.25 bits per heavy atom. The average molecular weight is 213 g/mol. The summed E-state index contributed by atoms with van der Waals surface area (Å²) < 4.78 is 0. The lowest BCUT2D eigenvalue weighted by Gasteiger charge is -2.13. The molecule has 1 aromatic heterocycles. The van der Waals surface area contributed by atoms with E-state index in [4.69, 9.17) is 0 Å². The summed E-state index contributed by atoms with van der Waals surface area (Å²) in [5.41, 5.74) is 1.20. The van der Waals surface area contributed by atoms with Crippen molar-refractivity contribution in [3.05, 3.63) is 36.7 Å². The molecule has 2 N–H and O–H groups in total. The molecule has 0 radical (unpaired) electrons.